The van der Waals surface area contributed by atoms with Gasteiger partial charge in [-0.3, -0.25) is 9.59 Å². The first-order valence-corrected chi connectivity index (χ1v) is 6.60. The third-order valence-corrected chi connectivity index (χ3v) is 4.20. The standard InChI is InChI=1S/C13H21NO4/c1-9-3-4-10(18-9)11(15)14-7-5-13(2,6-8-14)12(16)17/h9-10H,3-8H2,1-2H3,(H,16,17). The van der Waals surface area contributed by atoms with Crippen molar-refractivity contribution < 1.29 is 19.4 Å². The highest BCUT2D eigenvalue weighted by Crippen LogP contribution is 2.32. The summed E-state index contributed by atoms with van der Waals surface area (Å²) in [6.07, 6.45) is 2.61. The number of aliphatic carboxylic acids is 1. The Bertz CT molecular complexity index is 347. The molecule has 2 fully saturated rings. The van der Waals surface area contributed by atoms with Crippen molar-refractivity contribution in [2.24, 2.45) is 5.41 Å². The zero-order chi connectivity index (χ0) is 13.3. The first kappa shape index (κ1) is 13.3. The highest BCUT2D eigenvalue weighted by atomic mass is 16.5. The molecule has 0 spiro atoms. The maximum Gasteiger partial charge on any atom is 0.309 e. The summed E-state index contributed by atoms with van der Waals surface area (Å²) in [5.41, 5.74) is -0.680. The molecule has 1 amide bonds. The minimum absolute atomic E-state index is 0.0341. The van der Waals surface area contributed by atoms with Gasteiger partial charge in [0.15, 0.2) is 0 Å². The molecule has 0 saturated carbocycles. The van der Waals surface area contributed by atoms with Gasteiger partial charge < -0.3 is 14.7 Å². The molecular weight excluding hydrogens is 234 g/mol. The van der Waals surface area contributed by atoms with E-state index < -0.39 is 11.4 Å². The van der Waals surface area contributed by atoms with E-state index in [0.29, 0.717) is 25.9 Å². The Morgan fingerprint density at radius 1 is 1.28 bits per heavy atom. The second kappa shape index (κ2) is 4.88. The molecule has 2 saturated heterocycles. The van der Waals surface area contributed by atoms with Crippen LogP contribution in [0.5, 0.6) is 0 Å². The Morgan fingerprint density at radius 2 is 1.89 bits per heavy atom. The third kappa shape index (κ3) is 2.51. The van der Waals surface area contributed by atoms with Gasteiger partial charge in [0.05, 0.1) is 11.5 Å². The number of hydrogen-bond donors (Lipinski definition) is 1. The van der Waals surface area contributed by atoms with E-state index in [1.165, 1.54) is 0 Å². The van der Waals surface area contributed by atoms with Gasteiger partial charge in [0.25, 0.3) is 5.91 Å². The molecular formula is C13H21NO4. The third-order valence-electron chi connectivity index (χ3n) is 4.20. The van der Waals surface area contributed by atoms with Crippen LogP contribution in [-0.4, -0.2) is 47.2 Å². The highest BCUT2D eigenvalue weighted by Gasteiger charge is 2.40. The fourth-order valence-electron chi connectivity index (χ4n) is 2.62. The zero-order valence-corrected chi connectivity index (χ0v) is 11.0. The molecule has 5 heteroatoms. The first-order valence-electron chi connectivity index (χ1n) is 6.60. The van der Waals surface area contributed by atoms with Crippen molar-refractivity contribution in [2.45, 2.75) is 51.7 Å². The minimum atomic E-state index is -0.764. The Hall–Kier alpha value is -1.10. The largest absolute Gasteiger partial charge is 0.481 e. The summed E-state index contributed by atoms with van der Waals surface area (Å²) in [4.78, 5) is 25.1. The lowest BCUT2D eigenvalue weighted by Crippen LogP contribution is -2.48. The van der Waals surface area contributed by atoms with Crippen LogP contribution in [0.2, 0.25) is 0 Å². The predicted molar refractivity (Wildman–Crippen MR) is 65.1 cm³/mol. The van der Waals surface area contributed by atoms with E-state index >= 15 is 0 Å². The van der Waals surface area contributed by atoms with E-state index in [-0.39, 0.29) is 18.1 Å². The Morgan fingerprint density at radius 3 is 2.33 bits per heavy atom. The minimum Gasteiger partial charge on any atom is -0.481 e. The van der Waals surface area contributed by atoms with Crippen molar-refractivity contribution in [3.63, 3.8) is 0 Å². The molecule has 2 rings (SSSR count). The van der Waals surface area contributed by atoms with Crippen molar-refractivity contribution in [1.29, 1.82) is 0 Å². The number of likely N-dealkylation sites (tertiary alicyclic amines) is 1. The zero-order valence-electron chi connectivity index (χ0n) is 11.0. The SMILES string of the molecule is CC1CCC(C(=O)N2CCC(C)(C(=O)O)CC2)O1. The number of carboxylic acids is 1. The Balaban J connectivity index is 1.90. The Kier molecular flexibility index (Phi) is 3.61. The predicted octanol–water partition coefficient (Wildman–Crippen LogP) is 1.27. The molecule has 2 unspecified atom stereocenters. The number of carboxylic acid groups (broad SMARTS) is 1. The highest BCUT2D eigenvalue weighted by molar-refractivity contribution is 5.82. The number of rotatable bonds is 2. The van der Waals surface area contributed by atoms with Gasteiger partial charge in [-0.05, 0) is 39.5 Å². The van der Waals surface area contributed by atoms with Crippen molar-refractivity contribution in [2.75, 3.05) is 13.1 Å². The van der Waals surface area contributed by atoms with Gasteiger partial charge in [-0.15, -0.1) is 0 Å². The maximum atomic E-state index is 12.2. The molecule has 0 aliphatic carbocycles. The van der Waals surface area contributed by atoms with E-state index in [1.807, 2.05) is 6.92 Å². The van der Waals surface area contributed by atoms with Crippen molar-refractivity contribution >= 4 is 11.9 Å². The summed E-state index contributed by atoms with van der Waals surface area (Å²) in [6, 6.07) is 0. The van der Waals surface area contributed by atoms with Crippen LogP contribution in [0.25, 0.3) is 0 Å². The lowest BCUT2D eigenvalue weighted by molar-refractivity contribution is -0.155. The fourth-order valence-corrected chi connectivity index (χ4v) is 2.62. The average Bonchev–Trinajstić information content (AvgIpc) is 2.76. The number of nitrogens with zero attached hydrogens (tertiary/aromatic N) is 1. The van der Waals surface area contributed by atoms with Gasteiger partial charge in [0.2, 0.25) is 0 Å². The van der Waals surface area contributed by atoms with E-state index in [0.717, 1.165) is 12.8 Å². The number of amides is 1. The maximum absolute atomic E-state index is 12.2. The molecule has 102 valence electrons. The van der Waals surface area contributed by atoms with Gasteiger partial charge in [-0.2, -0.15) is 0 Å². The number of hydrogen-bond acceptors (Lipinski definition) is 3. The second-order valence-corrected chi connectivity index (χ2v) is 5.70. The average molecular weight is 255 g/mol. The van der Waals surface area contributed by atoms with Gasteiger partial charge in [0.1, 0.15) is 6.10 Å². The molecule has 5 nitrogen and oxygen atoms in total. The van der Waals surface area contributed by atoms with Crippen molar-refractivity contribution in [3.05, 3.63) is 0 Å². The van der Waals surface area contributed by atoms with Crippen LogP contribution in [-0.2, 0) is 14.3 Å². The van der Waals surface area contributed by atoms with Gasteiger partial charge >= 0.3 is 5.97 Å². The summed E-state index contributed by atoms with van der Waals surface area (Å²) >= 11 is 0. The molecule has 1 N–H and O–H groups in total. The van der Waals surface area contributed by atoms with Crippen LogP contribution in [0.1, 0.15) is 39.5 Å². The number of ether oxygens (including phenoxy) is 1. The molecule has 2 heterocycles. The first-order chi connectivity index (χ1) is 8.42. The molecule has 18 heavy (non-hydrogen) atoms. The summed E-state index contributed by atoms with van der Waals surface area (Å²) in [5.74, 6) is -0.730. The molecule has 0 aromatic heterocycles. The molecule has 0 radical (unpaired) electrons. The molecule has 0 aromatic carbocycles. The van der Waals surface area contributed by atoms with E-state index in [1.54, 1.807) is 11.8 Å². The smallest absolute Gasteiger partial charge is 0.309 e. The molecule has 0 bridgehead atoms. The van der Waals surface area contributed by atoms with E-state index in [4.69, 9.17) is 9.84 Å². The lowest BCUT2D eigenvalue weighted by Gasteiger charge is -2.37. The van der Waals surface area contributed by atoms with Crippen LogP contribution < -0.4 is 0 Å². The Labute approximate surface area is 107 Å². The van der Waals surface area contributed by atoms with Crippen LogP contribution >= 0.6 is 0 Å². The van der Waals surface area contributed by atoms with E-state index in [2.05, 4.69) is 0 Å². The van der Waals surface area contributed by atoms with Gasteiger partial charge in [0, 0.05) is 13.1 Å². The molecule has 0 aromatic rings. The normalized spacial score (nSPS) is 31.3. The summed E-state index contributed by atoms with van der Waals surface area (Å²) < 4.78 is 5.57. The fraction of sp³-hybridized carbons (Fsp3) is 0.846. The van der Waals surface area contributed by atoms with Crippen molar-refractivity contribution in [1.82, 2.24) is 4.90 Å². The molecule has 2 aliphatic heterocycles. The topological polar surface area (TPSA) is 66.8 Å². The number of carbonyl (C=O) groups is 2. The summed E-state index contributed by atoms with van der Waals surface area (Å²) in [7, 11) is 0. The summed E-state index contributed by atoms with van der Waals surface area (Å²) in [6.45, 7) is 4.78. The van der Waals surface area contributed by atoms with Gasteiger partial charge in [-0.1, -0.05) is 0 Å². The van der Waals surface area contributed by atoms with Crippen LogP contribution in [0, 0.1) is 5.41 Å². The molecule has 2 aliphatic rings. The lowest BCUT2D eigenvalue weighted by atomic mass is 9.80. The van der Waals surface area contributed by atoms with Crippen molar-refractivity contribution in [3.8, 4) is 0 Å². The monoisotopic (exact) mass is 255 g/mol. The number of carbonyl (C=O) groups excluding carboxylic acids is 1. The molecule has 2 atom stereocenters. The summed E-state index contributed by atoms with van der Waals surface area (Å²) in [5, 5.41) is 9.14. The van der Waals surface area contributed by atoms with Gasteiger partial charge in [-0.25, -0.2) is 0 Å². The van der Waals surface area contributed by atoms with Crippen LogP contribution in [0.4, 0.5) is 0 Å². The van der Waals surface area contributed by atoms with Crippen LogP contribution in [0.3, 0.4) is 0 Å². The van der Waals surface area contributed by atoms with Crippen LogP contribution in [0.15, 0.2) is 0 Å². The second-order valence-electron chi connectivity index (χ2n) is 5.70. The quantitative estimate of drug-likeness (QED) is 0.807. The number of piperidine rings is 1. The van der Waals surface area contributed by atoms with E-state index in [9.17, 15) is 9.59 Å².